The smallest absolute Gasteiger partial charge is 0.0943 e. The van der Waals surface area contributed by atoms with Crippen LogP contribution in [0, 0.1) is 0 Å². The molecule has 0 saturated carbocycles. The SMILES string of the molecule is Cl.N[C@@H]1CCCc2ccccc2[C@@H]1O. The second-order valence-electron chi connectivity index (χ2n) is 3.70. The van der Waals surface area contributed by atoms with Gasteiger partial charge in [0.2, 0.25) is 0 Å². The third kappa shape index (κ3) is 2.08. The molecule has 14 heavy (non-hydrogen) atoms. The monoisotopic (exact) mass is 213 g/mol. The van der Waals surface area contributed by atoms with Crippen molar-refractivity contribution in [3.63, 3.8) is 0 Å². The van der Waals surface area contributed by atoms with E-state index in [1.165, 1.54) is 5.56 Å². The van der Waals surface area contributed by atoms with Crippen LogP contribution in [-0.2, 0) is 6.42 Å². The number of rotatable bonds is 0. The van der Waals surface area contributed by atoms with Crippen LogP contribution in [0.5, 0.6) is 0 Å². The molecule has 0 amide bonds. The molecule has 0 saturated heterocycles. The molecule has 0 unspecified atom stereocenters. The van der Waals surface area contributed by atoms with Crippen molar-refractivity contribution >= 4 is 12.4 Å². The topological polar surface area (TPSA) is 46.2 Å². The fraction of sp³-hybridized carbons (Fsp3) is 0.455. The van der Waals surface area contributed by atoms with Crippen LogP contribution in [0.4, 0.5) is 0 Å². The van der Waals surface area contributed by atoms with Gasteiger partial charge in [0.15, 0.2) is 0 Å². The second kappa shape index (κ2) is 4.78. The minimum Gasteiger partial charge on any atom is -0.387 e. The standard InChI is InChI=1S/C11H15NO.ClH/c12-10-7-3-5-8-4-1-2-6-9(8)11(10)13;/h1-2,4,6,10-11,13H,3,5,7,12H2;1H/t10-,11+;/m1./s1. The number of aliphatic hydroxyl groups is 1. The zero-order valence-corrected chi connectivity index (χ0v) is 8.83. The van der Waals surface area contributed by atoms with E-state index in [2.05, 4.69) is 6.07 Å². The van der Waals surface area contributed by atoms with Crippen molar-refractivity contribution in [3.8, 4) is 0 Å². The van der Waals surface area contributed by atoms with Crippen LogP contribution in [0.25, 0.3) is 0 Å². The number of aryl methyl sites for hydroxylation is 1. The number of nitrogens with two attached hydrogens (primary N) is 1. The van der Waals surface area contributed by atoms with Gasteiger partial charge in [0.05, 0.1) is 6.10 Å². The highest BCUT2D eigenvalue weighted by molar-refractivity contribution is 5.85. The van der Waals surface area contributed by atoms with Crippen molar-refractivity contribution in [2.24, 2.45) is 5.73 Å². The van der Waals surface area contributed by atoms with Gasteiger partial charge < -0.3 is 10.8 Å². The Morgan fingerprint density at radius 3 is 2.79 bits per heavy atom. The first kappa shape index (κ1) is 11.5. The average molecular weight is 214 g/mol. The fourth-order valence-corrected chi connectivity index (χ4v) is 1.97. The van der Waals surface area contributed by atoms with Crippen molar-refractivity contribution in [1.82, 2.24) is 0 Å². The summed E-state index contributed by atoms with van der Waals surface area (Å²) in [7, 11) is 0. The number of halogens is 1. The molecule has 3 N–H and O–H groups in total. The molecule has 78 valence electrons. The van der Waals surface area contributed by atoms with E-state index in [9.17, 15) is 5.11 Å². The summed E-state index contributed by atoms with van der Waals surface area (Å²) in [4.78, 5) is 0. The number of hydrogen-bond donors (Lipinski definition) is 2. The minimum atomic E-state index is -0.473. The number of fused-ring (bicyclic) bond motifs is 1. The Kier molecular flexibility index (Phi) is 3.93. The molecule has 0 radical (unpaired) electrons. The third-order valence-corrected chi connectivity index (χ3v) is 2.76. The van der Waals surface area contributed by atoms with Gasteiger partial charge in [-0.15, -0.1) is 12.4 Å². The summed E-state index contributed by atoms with van der Waals surface area (Å²) < 4.78 is 0. The van der Waals surface area contributed by atoms with Crippen molar-refractivity contribution in [3.05, 3.63) is 35.4 Å². The lowest BCUT2D eigenvalue weighted by Crippen LogP contribution is -2.27. The molecule has 2 nitrogen and oxygen atoms in total. The summed E-state index contributed by atoms with van der Waals surface area (Å²) >= 11 is 0. The highest BCUT2D eigenvalue weighted by Gasteiger charge is 2.22. The molecule has 2 rings (SSSR count). The largest absolute Gasteiger partial charge is 0.387 e. The van der Waals surface area contributed by atoms with Gasteiger partial charge in [-0.1, -0.05) is 24.3 Å². The Bertz CT molecular complexity index is 303. The molecule has 1 aliphatic rings. The van der Waals surface area contributed by atoms with Gasteiger partial charge in [-0.3, -0.25) is 0 Å². The maximum Gasteiger partial charge on any atom is 0.0943 e. The molecule has 1 aliphatic carbocycles. The number of benzene rings is 1. The van der Waals surface area contributed by atoms with Gasteiger partial charge in [-0.2, -0.15) is 0 Å². The number of hydrogen-bond acceptors (Lipinski definition) is 2. The van der Waals surface area contributed by atoms with Crippen LogP contribution < -0.4 is 5.73 Å². The van der Waals surface area contributed by atoms with Crippen LogP contribution in [0.15, 0.2) is 24.3 Å². The first-order valence-corrected chi connectivity index (χ1v) is 4.80. The molecular weight excluding hydrogens is 198 g/mol. The van der Waals surface area contributed by atoms with Crippen LogP contribution in [0.2, 0.25) is 0 Å². The van der Waals surface area contributed by atoms with E-state index >= 15 is 0 Å². The molecule has 0 aliphatic heterocycles. The second-order valence-corrected chi connectivity index (χ2v) is 3.70. The van der Waals surface area contributed by atoms with Gasteiger partial charge in [-0.25, -0.2) is 0 Å². The molecule has 3 heteroatoms. The normalized spacial score (nSPS) is 25.9. The van der Waals surface area contributed by atoms with Gasteiger partial charge in [0.25, 0.3) is 0 Å². The van der Waals surface area contributed by atoms with Crippen LogP contribution in [-0.4, -0.2) is 11.1 Å². The van der Waals surface area contributed by atoms with E-state index in [-0.39, 0.29) is 18.4 Å². The first-order valence-electron chi connectivity index (χ1n) is 4.80. The lowest BCUT2D eigenvalue weighted by molar-refractivity contribution is 0.144. The van der Waals surface area contributed by atoms with Crippen LogP contribution >= 0.6 is 12.4 Å². The van der Waals surface area contributed by atoms with Gasteiger partial charge in [0.1, 0.15) is 0 Å². The lowest BCUT2D eigenvalue weighted by Gasteiger charge is -2.17. The van der Waals surface area contributed by atoms with E-state index in [0.29, 0.717) is 0 Å². The predicted molar refractivity (Wildman–Crippen MR) is 59.6 cm³/mol. The average Bonchev–Trinajstić information content (AvgIpc) is 2.29. The molecule has 0 fully saturated rings. The van der Waals surface area contributed by atoms with E-state index in [0.717, 1.165) is 24.8 Å². The zero-order chi connectivity index (χ0) is 9.26. The highest BCUT2D eigenvalue weighted by atomic mass is 35.5. The molecule has 0 spiro atoms. The maximum atomic E-state index is 9.88. The molecule has 2 atom stereocenters. The Morgan fingerprint density at radius 1 is 1.29 bits per heavy atom. The Hall–Kier alpha value is -0.570. The van der Waals surface area contributed by atoms with E-state index in [1.807, 2.05) is 18.2 Å². The molecule has 1 aromatic carbocycles. The summed E-state index contributed by atoms with van der Waals surface area (Å²) in [5, 5.41) is 9.88. The van der Waals surface area contributed by atoms with Crippen molar-refractivity contribution in [1.29, 1.82) is 0 Å². The number of aliphatic hydroxyl groups excluding tert-OH is 1. The highest BCUT2D eigenvalue weighted by Crippen LogP contribution is 2.27. The molecular formula is C11H16ClNO. The van der Waals surface area contributed by atoms with Crippen molar-refractivity contribution in [2.75, 3.05) is 0 Å². The first-order chi connectivity index (χ1) is 6.29. The molecule has 0 heterocycles. The van der Waals surface area contributed by atoms with Crippen LogP contribution in [0.3, 0.4) is 0 Å². The lowest BCUT2D eigenvalue weighted by atomic mass is 9.99. The molecule has 0 bridgehead atoms. The van der Waals surface area contributed by atoms with Crippen LogP contribution in [0.1, 0.15) is 30.1 Å². The molecule has 0 aromatic heterocycles. The summed E-state index contributed by atoms with van der Waals surface area (Å²) in [6.45, 7) is 0. The summed E-state index contributed by atoms with van der Waals surface area (Å²) in [6.07, 6.45) is 2.56. The minimum absolute atomic E-state index is 0. The maximum absolute atomic E-state index is 9.88. The van der Waals surface area contributed by atoms with E-state index < -0.39 is 6.10 Å². The fourth-order valence-electron chi connectivity index (χ4n) is 1.97. The Balaban J connectivity index is 0.000000980. The quantitative estimate of drug-likeness (QED) is 0.646. The van der Waals surface area contributed by atoms with Crippen molar-refractivity contribution in [2.45, 2.75) is 31.4 Å². The Morgan fingerprint density at radius 2 is 2.00 bits per heavy atom. The summed E-state index contributed by atoms with van der Waals surface area (Å²) in [5.74, 6) is 0. The molecule has 1 aromatic rings. The van der Waals surface area contributed by atoms with Gasteiger partial charge >= 0.3 is 0 Å². The summed E-state index contributed by atoms with van der Waals surface area (Å²) in [6, 6.07) is 7.94. The van der Waals surface area contributed by atoms with Gasteiger partial charge in [-0.05, 0) is 30.4 Å². The predicted octanol–water partition coefficient (Wildman–Crippen LogP) is 1.81. The zero-order valence-electron chi connectivity index (χ0n) is 8.02. The Labute approximate surface area is 90.5 Å². The van der Waals surface area contributed by atoms with Gasteiger partial charge in [0, 0.05) is 6.04 Å². The van der Waals surface area contributed by atoms with E-state index in [1.54, 1.807) is 0 Å². The third-order valence-electron chi connectivity index (χ3n) is 2.76. The van der Waals surface area contributed by atoms with E-state index in [4.69, 9.17) is 5.73 Å². The summed E-state index contributed by atoms with van der Waals surface area (Å²) in [5.41, 5.74) is 8.12. The van der Waals surface area contributed by atoms with Crippen molar-refractivity contribution < 1.29 is 5.11 Å².